The summed E-state index contributed by atoms with van der Waals surface area (Å²) in [7, 11) is 0. The normalized spacial score (nSPS) is 10.3. The highest BCUT2D eigenvalue weighted by Gasteiger charge is 2.11. The Bertz CT molecular complexity index is 593. The lowest BCUT2D eigenvalue weighted by molar-refractivity contribution is 0.0993. The maximum Gasteiger partial charge on any atom is 0.170 e. The van der Waals surface area contributed by atoms with Crippen LogP contribution >= 0.6 is 0 Å². The molecule has 1 aromatic carbocycles. The lowest BCUT2D eigenvalue weighted by Gasteiger charge is -2.06. The standard InChI is InChI=1S/C14H15N3O/c1-9-5-12(14(16)17-8-9)13(18)7-10-3-2-4-11(15)6-10/h2-6,8H,7,15H2,1H3,(H2,16,17). The summed E-state index contributed by atoms with van der Waals surface area (Å²) < 4.78 is 0. The summed E-state index contributed by atoms with van der Waals surface area (Å²) in [5.74, 6) is 0.226. The summed E-state index contributed by atoms with van der Waals surface area (Å²) in [6, 6.07) is 9.04. The number of nitrogen functional groups attached to an aromatic ring is 2. The van der Waals surface area contributed by atoms with Gasteiger partial charge in [0.25, 0.3) is 0 Å². The van der Waals surface area contributed by atoms with Crippen LogP contribution in [0.3, 0.4) is 0 Å². The van der Waals surface area contributed by atoms with Gasteiger partial charge in [-0.25, -0.2) is 4.98 Å². The monoisotopic (exact) mass is 241 g/mol. The highest BCUT2D eigenvalue weighted by molar-refractivity contribution is 6.01. The molecule has 0 radical (unpaired) electrons. The molecular formula is C14H15N3O. The lowest BCUT2D eigenvalue weighted by atomic mass is 10.0. The molecule has 0 saturated heterocycles. The Morgan fingerprint density at radius 1 is 1.28 bits per heavy atom. The van der Waals surface area contributed by atoms with Gasteiger partial charge in [0.2, 0.25) is 0 Å². The fourth-order valence-corrected chi connectivity index (χ4v) is 1.79. The van der Waals surface area contributed by atoms with Crippen LogP contribution in [0.25, 0.3) is 0 Å². The number of hydrogen-bond donors (Lipinski definition) is 2. The van der Waals surface area contributed by atoms with E-state index in [0.29, 0.717) is 11.3 Å². The molecule has 0 aliphatic heterocycles. The van der Waals surface area contributed by atoms with Crippen molar-refractivity contribution in [3.8, 4) is 0 Å². The average Bonchev–Trinajstić information content (AvgIpc) is 2.32. The summed E-state index contributed by atoms with van der Waals surface area (Å²) >= 11 is 0. The summed E-state index contributed by atoms with van der Waals surface area (Å²) in [4.78, 5) is 16.1. The number of anilines is 2. The molecule has 0 spiro atoms. The van der Waals surface area contributed by atoms with Crippen molar-refractivity contribution < 1.29 is 4.79 Å². The van der Waals surface area contributed by atoms with Gasteiger partial charge in [0.1, 0.15) is 5.82 Å². The zero-order valence-electron chi connectivity index (χ0n) is 10.2. The van der Waals surface area contributed by atoms with E-state index in [4.69, 9.17) is 11.5 Å². The first-order chi connectivity index (χ1) is 8.56. The van der Waals surface area contributed by atoms with Crippen LogP contribution in [0.15, 0.2) is 36.5 Å². The van der Waals surface area contributed by atoms with E-state index in [0.717, 1.165) is 11.1 Å². The molecule has 0 fully saturated rings. The Morgan fingerprint density at radius 2 is 2.06 bits per heavy atom. The van der Waals surface area contributed by atoms with Gasteiger partial charge in [-0.2, -0.15) is 0 Å². The number of nitrogens with two attached hydrogens (primary N) is 2. The lowest BCUT2D eigenvalue weighted by Crippen LogP contribution is -2.09. The highest BCUT2D eigenvalue weighted by Crippen LogP contribution is 2.15. The third-order valence-corrected chi connectivity index (χ3v) is 2.67. The molecule has 2 aromatic rings. The predicted octanol–water partition coefficient (Wildman–Crippen LogP) is 1.98. The van der Waals surface area contributed by atoms with E-state index < -0.39 is 0 Å². The van der Waals surface area contributed by atoms with Crippen molar-refractivity contribution >= 4 is 17.3 Å². The molecule has 0 atom stereocenters. The van der Waals surface area contributed by atoms with Crippen LogP contribution in [-0.2, 0) is 6.42 Å². The van der Waals surface area contributed by atoms with Crippen LogP contribution in [0.5, 0.6) is 0 Å². The Hall–Kier alpha value is -2.36. The number of carbonyl (C=O) groups excluding carboxylic acids is 1. The number of pyridine rings is 1. The molecule has 0 bridgehead atoms. The molecule has 0 saturated carbocycles. The summed E-state index contributed by atoms with van der Waals surface area (Å²) in [5, 5.41) is 0. The molecule has 92 valence electrons. The molecule has 18 heavy (non-hydrogen) atoms. The molecule has 0 amide bonds. The minimum atomic E-state index is -0.0469. The third-order valence-electron chi connectivity index (χ3n) is 2.67. The summed E-state index contributed by atoms with van der Waals surface area (Å²) in [6.07, 6.45) is 1.92. The molecule has 0 aliphatic carbocycles. The maximum absolute atomic E-state index is 12.1. The fraction of sp³-hybridized carbons (Fsp3) is 0.143. The minimum absolute atomic E-state index is 0.0469. The number of hydrogen-bond acceptors (Lipinski definition) is 4. The van der Waals surface area contributed by atoms with Crippen molar-refractivity contribution in [1.82, 2.24) is 4.98 Å². The van der Waals surface area contributed by atoms with Crippen LogP contribution in [0.1, 0.15) is 21.5 Å². The quantitative estimate of drug-likeness (QED) is 0.636. The maximum atomic E-state index is 12.1. The summed E-state index contributed by atoms with van der Waals surface area (Å²) in [5.41, 5.74) is 14.3. The average molecular weight is 241 g/mol. The van der Waals surface area contributed by atoms with Crippen molar-refractivity contribution in [2.75, 3.05) is 11.5 Å². The molecule has 4 heteroatoms. The van der Waals surface area contributed by atoms with Crippen LogP contribution < -0.4 is 11.5 Å². The van der Waals surface area contributed by atoms with E-state index in [1.54, 1.807) is 24.4 Å². The van der Waals surface area contributed by atoms with E-state index >= 15 is 0 Å². The molecule has 2 rings (SSSR count). The second kappa shape index (κ2) is 4.87. The Balaban J connectivity index is 2.24. The van der Waals surface area contributed by atoms with Crippen LogP contribution in [0.4, 0.5) is 11.5 Å². The van der Waals surface area contributed by atoms with Gasteiger partial charge in [-0.15, -0.1) is 0 Å². The van der Waals surface area contributed by atoms with Crippen LogP contribution in [-0.4, -0.2) is 10.8 Å². The van der Waals surface area contributed by atoms with Crippen molar-refractivity contribution in [2.24, 2.45) is 0 Å². The van der Waals surface area contributed by atoms with Gasteiger partial charge in [-0.1, -0.05) is 12.1 Å². The van der Waals surface area contributed by atoms with Gasteiger partial charge in [-0.3, -0.25) is 4.79 Å². The van der Waals surface area contributed by atoms with E-state index in [2.05, 4.69) is 4.98 Å². The summed E-state index contributed by atoms with van der Waals surface area (Å²) in [6.45, 7) is 1.88. The fourth-order valence-electron chi connectivity index (χ4n) is 1.79. The van der Waals surface area contributed by atoms with Crippen molar-refractivity contribution in [2.45, 2.75) is 13.3 Å². The molecule has 0 aliphatic rings. The Kier molecular flexibility index (Phi) is 3.28. The molecule has 4 N–H and O–H groups in total. The Morgan fingerprint density at radius 3 is 2.78 bits per heavy atom. The number of aryl methyl sites for hydroxylation is 1. The van der Waals surface area contributed by atoms with Crippen molar-refractivity contribution in [3.63, 3.8) is 0 Å². The number of aromatic nitrogens is 1. The number of benzene rings is 1. The van der Waals surface area contributed by atoms with Gasteiger partial charge in [0.05, 0.1) is 5.56 Å². The largest absolute Gasteiger partial charge is 0.399 e. The zero-order chi connectivity index (χ0) is 13.1. The van der Waals surface area contributed by atoms with E-state index in [1.165, 1.54) is 0 Å². The molecular weight excluding hydrogens is 226 g/mol. The third kappa shape index (κ3) is 2.66. The second-order valence-corrected chi connectivity index (χ2v) is 4.29. The first-order valence-electron chi connectivity index (χ1n) is 5.66. The van der Waals surface area contributed by atoms with Gasteiger partial charge >= 0.3 is 0 Å². The van der Waals surface area contributed by atoms with E-state index in [9.17, 15) is 4.79 Å². The van der Waals surface area contributed by atoms with Crippen LogP contribution in [0.2, 0.25) is 0 Å². The molecule has 4 nitrogen and oxygen atoms in total. The Labute approximate surface area is 106 Å². The van der Waals surface area contributed by atoms with Gasteiger partial charge < -0.3 is 11.5 Å². The molecule has 1 aromatic heterocycles. The molecule has 1 heterocycles. The van der Waals surface area contributed by atoms with E-state index in [-0.39, 0.29) is 18.0 Å². The van der Waals surface area contributed by atoms with Gasteiger partial charge in [0.15, 0.2) is 5.78 Å². The van der Waals surface area contributed by atoms with Gasteiger partial charge in [-0.05, 0) is 36.2 Å². The topological polar surface area (TPSA) is 82.0 Å². The second-order valence-electron chi connectivity index (χ2n) is 4.29. The first kappa shape index (κ1) is 12.1. The number of ketones is 1. The number of carbonyl (C=O) groups is 1. The molecule has 0 unspecified atom stereocenters. The SMILES string of the molecule is Cc1cnc(N)c(C(=O)Cc2cccc(N)c2)c1. The van der Waals surface area contributed by atoms with Crippen LogP contribution in [0, 0.1) is 6.92 Å². The number of Topliss-reactive ketones (excluding diaryl/α,β-unsaturated/α-hetero) is 1. The van der Waals surface area contributed by atoms with E-state index in [1.807, 2.05) is 19.1 Å². The smallest absolute Gasteiger partial charge is 0.170 e. The first-order valence-corrected chi connectivity index (χ1v) is 5.66. The highest BCUT2D eigenvalue weighted by atomic mass is 16.1. The number of rotatable bonds is 3. The van der Waals surface area contributed by atoms with Gasteiger partial charge in [0, 0.05) is 18.3 Å². The predicted molar refractivity (Wildman–Crippen MR) is 72.3 cm³/mol. The minimum Gasteiger partial charge on any atom is -0.399 e. The van der Waals surface area contributed by atoms with Crippen molar-refractivity contribution in [3.05, 3.63) is 53.2 Å². The zero-order valence-corrected chi connectivity index (χ0v) is 10.2. The number of nitrogens with zero attached hydrogens (tertiary/aromatic N) is 1. The van der Waals surface area contributed by atoms with Crippen molar-refractivity contribution in [1.29, 1.82) is 0 Å².